The highest BCUT2D eigenvalue weighted by atomic mass is 32.2. The lowest BCUT2D eigenvalue weighted by Gasteiger charge is -2.19. The van der Waals surface area contributed by atoms with Gasteiger partial charge in [-0.25, -0.2) is 27.2 Å². The van der Waals surface area contributed by atoms with Crippen molar-refractivity contribution >= 4 is 38.5 Å². The number of carbonyl (C=O) groups is 1. The number of hydrogen-bond acceptors (Lipinski definition) is 6. The number of anilines is 2. The van der Waals surface area contributed by atoms with Crippen LogP contribution >= 0.6 is 0 Å². The van der Waals surface area contributed by atoms with E-state index in [4.69, 9.17) is 5.11 Å². The molecule has 2 aromatic heterocycles. The highest BCUT2D eigenvalue weighted by Crippen LogP contribution is 2.30. The first kappa shape index (κ1) is 19.6. The van der Waals surface area contributed by atoms with E-state index in [0.717, 1.165) is 9.54 Å². The molecule has 0 radical (unpaired) electrons. The normalized spacial score (nSPS) is 11.5. The van der Waals surface area contributed by atoms with Crippen LogP contribution in [0.25, 0.3) is 11.0 Å². The lowest BCUT2D eigenvalue weighted by atomic mass is 10.2. The van der Waals surface area contributed by atoms with E-state index < -0.39 is 16.0 Å². The average Bonchev–Trinajstić information content (AvgIpc) is 3.19. The fourth-order valence-electron chi connectivity index (χ4n) is 3.15. The van der Waals surface area contributed by atoms with Crippen molar-refractivity contribution in [3.63, 3.8) is 0 Å². The summed E-state index contributed by atoms with van der Waals surface area (Å²) in [6, 6.07) is 14.6. The Balaban J connectivity index is 1.78. The smallest absolute Gasteiger partial charge is 0.335 e. The van der Waals surface area contributed by atoms with Crippen molar-refractivity contribution in [1.82, 2.24) is 13.9 Å². The van der Waals surface area contributed by atoms with Crippen LogP contribution in [0.2, 0.25) is 0 Å². The summed E-state index contributed by atoms with van der Waals surface area (Å²) in [6.07, 6.45) is 2.76. The topological polar surface area (TPSA) is 105 Å². The summed E-state index contributed by atoms with van der Waals surface area (Å²) < 4.78 is 27.4. The number of nitrogens with zero attached hydrogens (tertiary/aromatic N) is 4. The van der Waals surface area contributed by atoms with Crippen molar-refractivity contribution in [2.45, 2.75) is 11.8 Å². The molecule has 152 valence electrons. The van der Waals surface area contributed by atoms with Crippen LogP contribution in [0.3, 0.4) is 0 Å². The van der Waals surface area contributed by atoms with Gasteiger partial charge >= 0.3 is 5.97 Å². The minimum absolute atomic E-state index is 0.170. The van der Waals surface area contributed by atoms with E-state index in [-0.39, 0.29) is 16.1 Å². The van der Waals surface area contributed by atoms with Gasteiger partial charge < -0.3 is 10.0 Å². The second-order valence-electron chi connectivity index (χ2n) is 6.78. The van der Waals surface area contributed by atoms with Crippen LogP contribution < -0.4 is 4.90 Å². The maximum absolute atomic E-state index is 13.1. The van der Waals surface area contributed by atoms with Crippen LogP contribution in [-0.2, 0) is 10.0 Å². The molecule has 8 nitrogen and oxygen atoms in total. The fourth-order valence-corrected chi connectivity index (χ4v) is 4.45. The predicted octanol–water partition coefficient (Wildman–Crippen LogP) is 3.44. The molecule has 30 heavy (non-hydrogen) atoms. The Labute approximate surface area is 173 Å². The van der Waals surface area contributed by atoms with Crippen molar-refractivity contribution in [2.75, 3.05) is 11.9 Å². The molecule has 0 aliphatic rings. The van der Waals surface area contributed by atoms with Crippen LogP contribution in [0, 0.1) is 6.92 Å². The minimum atomic E-state index is -3.82. The van der Waals surface area contributed by atoms with E-state index in [1.807, 2.05) is 6.92 Å². The molecule has 0 aliphatic heterocycles. The Morgan fingerprint density at radius 3 is 2.30 bits per heavy atom. The number of hydrogen-bond donors (Lipinski definition) is 1. The molecule has 0 saturated carbocycles. The summed E-state index contributed by atoms with van der Waals surface area (Å²) in [5.41, 5.74) is 2.10. The molecule has 9 heteroatoms. The number of carboxylic acid groups (broad SMARTS) is 1. The van der Waals surface area contributed by atoms with E-state index in [2.05, 4.69) is 9.97 Å². The Morgan fingerprint density at radius 1 is 1.00 bits per heavy atom. The van der Waals surface area contributed by atoms with E-state index in [1.54, 1.807) is 54.4 Å². The Hall–Kier alpha value is -3.72. The van der Waals surface area contributed by atoms with Gasteiger partial charge in [0.15, 0.2) is 5.65 Å². The molecule has 0 amide bonds. The molecule has 0 unspecified atom stereocenters. The van der Waals surface area contributed by atoms with Gasteiger partial charge in [-0.15, -0.1) is 0 Å². The highest BCUT2D eigenvalue weighted by molar-refractivity contribution is 7.90. The quantitative estimate of drug-likeness (QED) is 0.525. The third kappa shape index (κ3) is 3.29. The van der Waals surface area contributed by atoms with Crippen LogP contribution in [0.1, 0.15) is 15.9 Å². The largest absolute Gasteiger partial charge is 0.478 e. The molecular weight excluding hydrogens is 404 g/mol. The molecule has 4 rings (SSSR count). The SMILES string of the molecule is Cc1ccc(S(=O)(=O)n2ccc3c(N(C)c4ccc(C(=O)O)cc4)ncnc32)cc1. The number of aromatic carboxylic acids is 1. The Bertz CT molecular complexity index is 1340. The van der Waals surface area contributed by atoms with Gasteiger partial charge in [0, 0.05) is 18.9 Å². The van der Waals surface area contributed by atoms with Gasteiger partial charge in [0.2, 0.25) is 0 Å². The zero-order valence-electron chi connectivity index (χ0n) is 16.2. The average molecular weight is 422 g/mol. The van der Waals surface area contributed by atoms with Gasteiger partial charge in [-0.1, -0.05) is 17.7 Å². The van der Waals surface area contributed by atoms with Gasteiger partial charge in [-0.3, -0.25) is 0 Å². The zero-order valence-corrected chi connectivity index (χ0v) is 17.0. The van der Waals surface area contributed by atoms with Crippen molar-refractivity contribution < 1.29 is 18.3 Å². The van der Waals surface area contributed by atoms with Gasteiger partial charge in [-0.2, -0.15) is 0 Å². The molecule has 4 aromatic rings. The van der Waals surface area contributed by atoms with E-state index in [1.165, 1.54) is 24.7 Å². The molecule has 0 fully saturated rings. The molecule has 0 aliphatic carbocycles. The number of fused-ring (bicyclic) bond motifs is 1. The summed E-state index contributed by atoms with van der Waals surface area (Å²) >= 11 is 0. The number of aryl methyl sites for hydroxylation is 1. The standard InChI is InChI=1S/C21H18N4O4S/c1-14-3-9-17(10-4-14)30(28,29)25-12-11-18-19(22-13-23-20(18)25)24(2)16-7-5-15(6-8-16)21(26)27/h3-13H,1-2H3,(H,26,27). The maximum atomic E-state index is 13.1. The van der Waals surface area contributed by atoms with Gasteiger partial charge in [0.1, 0.15) is 12.1 Å². The monoisotopic (exact) mass is 422 g/mol. The zero-order chi connectivity index (χ0) is 21.5. The number of rotatable bonds is 5. The van der Waals surface area contributed by atoms with Crippen molar-refractivity contribution in [2.24, 2.45) is 0 Å². The second-order valence-corrected chi connectivity index (χ2v) is 8.59. The minimum Gasteiger partial charge on any atom is -0.478 e. The highest BCUT2D eigenvalue weighted by Gasteiger charge is 2.22. The molecule has 0 bridgehead atoms. The number of benzene rings is 2. The van der Waals surface area contributed by atoms with Crippen molar-refractivity contribution in [1.29, 1.82) is 0 Å². The number of carboxylic acids is 1. The van der Waals surface area contributed by atoms with Crippen LogP contribution in [0.4, 0.5) is 11.5 Å². The first-order chi connectivity index (χ1) is 14.3. The lowest BCUT2D eigenvalue weighted by Crippen LogP contribution is -2.14. The second kappa shape index (κ2) is 7.27. The molecule has 0 saturated heterocycles. The summed E-state index contributed by atoms with van der Waals surface area (Å²) in [6.45, 7) is 1.89. The fraction of sp³-hybridized carbons (Fsp3) is 0.0952. The van der Waals surface area contributed by atoms with Crippen LogP contribution in [0.15, 0.2) is 72.0 Å². The van der Waals surface area contributed by atoms with Crippen molar-refractivity contribution in [3.05, 3.63) is 78.2 Å². The molecule has 1 N–H and O–H groups in total. The third-order valence-electron chi connectivity index (χ3n) is 4.82. The summed E-state index contributed by atoms with van der Waals surface area (Å²) in [5, 5.41) is 9.62. The first-order valence-corrected chi connectivity index (χ1v) is 10.4. The van der Waals surface area contributed by atoms with Crippen molar-refractivity contribution in [3.8, 4) is 0 Å². The maximum Gasteiger partial charge on any atom is 0.335 e. The summed E-state index contributed by atoms with van der Waals surface area (Å²) in [7, 11) is -2.05. The summed E-state index contributed by atoms with van der Waals surface area (Å²) in [5.74, 6) is -0.507. The molecular formula is C21H18N4O4S. The van der Waals surface area contributed by atoms with E-state index >= 15 is 0 Å². The van der Waals surface area contributed by atoms with Gasteiger partial charge in [0.25, 0.3) is 10.0 Å². The third-order valence-corrected chi connectivity index (χ3v) is 6.50. The number of aromatic nitrogens is 3. The molecule has 0 spiro atoms. The van der Waals surface area contributed by atoms with Gasteiger partial charge in [-0.05, 0) is 49.4 Å². The van der Waals surface area contributed by atoms with Gasteiger partial charge in [0.05, 0.1) is 15.8 Å². The Morgan fingerprint density at radius 2 is 1.67 bits per heavy atom. The first-order valence-electron chi connectivity index (χ1n) is 9.00. The Kier molecular flexibility index (Phi) is 4.75. The van der Waals surface area contributed by atoms with Crippen LogP contribution in [0.5, 0.6) is 0 Å². The molecule has 2 aromatic carbocycles. The molecule has 0 atom stereocenters. The molecule has 2 heterocycles. The van der Waals surface area contributed by atoms with Crippen LogP contribution in [-0.4, -0.2) is 40.5 Å². The van der Waals surface area contributed by atoms with E-state index in [0.29, 0.717) is 16.9 Å². The van der Waals surface area contributed by atoms with E-state index in [9.17, 15) is 13.2 Å². The lowest BCUT2D eigenvalue weighted by molar-refractivity contribution is 0.0697. The predicted molar refractivity (Wildman–Crippen MR) is 113 cm³/mol. The summed E-state index contributed by atoms with van der Waals surface area (Å²) in [4.78, 5) is 21.5.